The molecule has 0 spiro atoms. The van der Waals surface area contributed by atoms with Gasteiger partial charge in [0.1, 0.15) is 0 Å². The molecule has 2 aliphatic heterocycles. The number of carbonyl (C=O) groups excluding carboxylic acids is 1. The second kappa shape index (κ2) is 7.05. The molecule has 2 N–H and O–H groups in total. The van der Waals surface area contributed by atoms with Crippen LogP contribution in [0.25, 0.3) is 0 Å². The first kappa shape index (κ1) is 14.5. The highest BCUT2D eigenvalue weighted by atomic mass is 16.2. The third-order valence-corrected chi connectivity index (χ3v) is 4.49. The van der Waals surface area contributed by atoms with Gasteiger partial charge in [-0.05, 0) is 56.9 Å². The van der Waals surface area contributed by atoms with E-state index in [4.69, 9.17) is 0 Å². The predicted octanol–water partition coefficient (Wildman–Crippen LogP) is 2.36. The maximum absolute atomic E-state index is 12.4. The van der Waals surface area contributed by atoms with Gasteiger partial charge in [0.25, 0.3) is 0 Å². The standard InChI is InChI=1S/C17H25N3O/c21-17(16-9-3-4-10-18-16)19-15-8-2-1-7-14(15)13-20-11-5-6-12-20/h1-2,7-8,16,18H,3-6,9-13H2,(H,19,21)/t16-/m1/s1. The summed E-state index contributed by atoms with van der Waals surface area (Å²) in [5, 5.41) is 6.44. The molecule has 0 saturated carbocycles. The van der Waals surface area contributed by atoms with Crippen LogP contribution < -0.4 is 10.6 Å². The molecular weight excluding hydrogens is 262 g/mol. The lowest BCUT2D eigenvalue weighted by Gasteiger charge is -2.24. The molecule has 2 heterocycles. The summed E-state index contributed by atoms with van der Waals surface area (Å²) in [6.07, 6.45) is 5.84. The highest BCUT2D eigenvalue weighted by Gasteiger charge is 2.21. The van der Waals surface area contributed by atoms with Gasteiger partial charge in [0.15, 0.2) is 0 Å². The van der Waals surface area contributed by atoms with Gasteiger partial charge in [-0.3, -0.25) is 9.69 Å². The molecule has 21 heavy (non-hydrogen) atoms. The minimum atomic E-state index is -0.0291. The van der Waals surface area contributed by atoms with Crippen molar-refractivity contribution in [2.45, 2.75) is 44.7 Å². The average molecular weight is 287 g/mol. The Morgan fingerprint density at radius 3 is 2.76 bits per heavy atom. The molecule has 0 radical (unpaired) electrons. The van der Waals surface area contributed by atoms with Crippen molar-refractivity contribution in [3.63, 3.8) is 0 Å². The van der Waals surface area contributed by atoms with Crippen molar-refractivity contribution in [2.75, 3.05) is 25.0 Å². The van der Waals surface area contributed by atoms with Crippen LogP contribution in [0.1, 0.15) is 37.7 Å². The van der Waals surface area contributed by atoms with Gasteiger partial charge in [0, 0.05) is 12.2 Å². The quantitative estimate of drug-likeness (QED) is 0.893. The van der Waals surface area contributed by atoms with Crippen molar-refractivity contribution < 1.29 is 4.79 Å². The zero-order chi connectivity index (χ0) is 14.5. The Morgan fingerprint density at radius 2 is 2.00 bits per heavy atom. The average Bonchev–Trinajstić information content (AvgIpc) is 3.03. The fourth-order valence-corrected chi connectivity index (χ4v) is 3.26. The van der Waals surface area contributed by atoms with Crippen LogP contribution in [0, 0.1) is 0 Å². The molecule has 2 saturated heterocycles. The largest absolute Gasteiger partial charge is 0.324 e. The third kappa shape index (κ3) is 3.83. The van der Waals surface area contributed by atoms with Crippen LogP contribution in [0.4, 0.5) is 5.69 Å². The second-order valence-electron chi connectivity index (χ2n) is 6.13. The zero-order valence-electron chi connectivity index (χ0n) is 12.6. The molecule has 0 unspecified atom stereocenters. The molecule has 1 amide bonds. The Balaban J connectivity index is 1.65. The highest BCUT2D eigenvalue weighted by Crippen LogP contribution is 2.20. The fourth-order valence-electron chi connectivity index (χ4n) is 3.26. The predicted molar refractivity (Wildman–Crippen MR) is 85.2 cm³/mol. The number of anilines is 1. The van der Waals surface area contributed by atoms with E-state index in [-0.39, 0.29) is 11.9 Å². The molecule has 4 heteroatoms. The Morgan fingerprint density at radius 1 is 1.19 bits per heavy atom. The van der Waals surface area contributed by atoms with Crippen LogP contribution >= 0.6 is 0 Å². The molecule has 3 rings (SSSR count). The first-order valence-corrected chi connectivity index (χ1v) is 8.17. The number of likely N-dealkylation sites (tertiary alicyclic amines) is 1. The van der Waals surface area contributed by atoms with Gasteiger partial charge in [-0.1, -0.05) is 24.6 Å². The van der Waals surface area contributed by atoms with Crippen LogP contribution in [0.15, 0.2) is 24.3 Å². The van der Waals surface area contributed by atoms with E-state index in [2.05, 4.69) is 27.7 Å². The van der Waals surface area contributed by atoms with E-state index in [1.807, 2.05) is 12.1 Å². The van der Waals surface area contributed by atoms with Crippen LogP contribution in [-0.4, -0.2) is 36.5 Å². The number of nitrogens with zero attached hydrogens (tertiary/aromatic N) is 1. The van der Waals surface area contributed by atoms with E-state index in [9.17, 15) is 4.79 Å². The number of amides is 1. The molecule has 0 aromatic heterocycles. The summed E-state index contributed by atoms with van der Waals surface area (Å²) in [6.45, 7) is 4.24. The zero-order valence-corrected chi connectivity index (χ0v) is 12.6. The molecule has 114 valence electrons. The number of hydrogen-bond donors (Lipinski definition) is 2. The van der Waals surface area contributed by atoms with Crippen molar-refractivity contribution in [1.29, 1.82) is 0 Å². The summed E-state index contributed by atoms with van der Waals surface area (Å²) < 4.78 is 0. The van der Waals surface area contributed by atoms with Gasteiger partial charge in [-0.25, -0.2) is 0 Å². The molecule has 1 aromatic rings. The highest BCUT2D eigenvalue weighted by molar-refractivity contribution is 5.95. The molecule has 1 atom stereocenters. The lowest BCUT2D eigenvalue weighted by molar-refractivity contribution is -0.118. The summed E-state index contributed by atoms with van der Waals surface area (Å²) in [5.74, 6) is 0.114. The summed E-state index contributed by atoms with van der Waals surface area (Å²) in [7, 11) is 0. The summed E-state index contributed by atoms with van der Waals surface area (Å²) in [6, 6.07) is 8.17. The Bertz CT molecular complexity index is 477. The lowest BCUT2D eigenvalue weighted by atomic mass is 10.0. The van der Waals surface area contributed by atoms with E-state index in [1.54, 1.807) is 0 Å². The fraction of sp³-hybridized carbons (Fsp3) is 0.588. The molecule has 2 fully saturated rings. The van der Waals surface area contributed by atoms with Crippen LogP contribution in [-0.2, 0) is 11.3 Å². The lowest BCUT2D eigenvalue weighted by Crippen LogP contribution is -2.43. The minimum Gasteiger partial charge on any atom is -0.324 e. The van der Waals surface area contributed by atoms with E-state index >= 15 is 0 Å². The van der Waals surface area contributed by atoms with Crippen LogP contribution in [0.5, 0.6) is 0 Å². The van der Waals surface area contributed by atoms with Gasteiger partial charge in [0.05, 0.1) is 6.04 Å². The van der Waals surface area contributed by atoms with Gasteiger partial charge >= 0.3 is 0 Å². The third-order valence-electron chi connectivity index (χ3n) is 4.49. The smallest absolute Gasteiger partial charge is 0.241 e. The molecule has 0 bridgehead atoms. The van der Waals surface area contributed by atoms with E-state index in [0.29, 0.717) is 0 Å². The first-order valence-electron chi connectivity index (χ1n) is 8.17. The molecule has 4 nitrogen and oxygen atoms in total. The van der Waals surface area contributed by atoms with E-state index in [1.165, 1.54) is 37.9 Å². The van der Waals surface area contributed by atoms with Crippen LogP contribution in [0.2, 0.25) is 0 Å². The topological polar surface area (TPSA) is 44.4 Å². The van der Waals surface area contributed by atoms with Crippen LogP contribution in [0.3, 0.4) is 0 Å². The summed E-state index contributed by atoms with van der Waals surface area (Å²) in [5.41, 5.74) is 2.20. The maximum Gasteiger partial charge on any atom is 0.241 e. The van der Waals surface area contributed by atoms with E-state index in [0.717, 1.165) is 31.6 Å². The number of para-hydroxylation sites is 1. The number of hydrogen-bond acceptors (Lipinski definition) is 3. The summed E-state index contributed by atoms with van der Waals surface area (Å²) >= 11 is 0. The van der Waals surface area contributed by atoms with Gasteiger partial charge in [-0.15, -0.1) is 0 Å². The Labute approximate surface area is 126 Å². The maximum atomic E-state index is 12.4. The SMILES string of the molecule is O=C(Nc1ccccc1CN1CCCC1)[C@H]1CCCCN1. The number of carbonyl (C=O) groups is 1. The second-order valence-corrected chi connectivity index (χ2v) is 6.13. The Hall–Kier alpha value is -1.39. The number of rotatable bonds is 4. The molecule has 1 aromatic carbocycles. The molecule has 0 aliphatic carbocycles. The monoisotopic (exact) mass is 287 g/mol. The van der Waals surface area contributed by atoms with Crippen molar-refractivity contribution in [3.05, 3.63) is 29.8 Å². The number of piperidine rings is 1. The number of nitrogens with one attached hydrogen (secondary N) is 2. The van der Waals surface area contributed by atoms with E-state index < -0.39 is 0 Å². The van der Waals surface area contributed by atoms with Crippen molar-refractivity contribution >= 4 is 11.6 Å². The van der Waals surface area contributed by atoms with Crippen molar-refractivity contribution in [3.8, 4) is 0 Å². The van der Waals surface area contributed by atoms with Crippen molar-refractivity contribution in [2.24, 2.45) is 0 Å². The number of benzene rings is 1. The van der Waals surface area contributed by atoms with Gasteiger partial charge < -0.3 is 10.6 Å². The van der Waals surface area contributed by atoms with Gasteiger partial charge in [-0.2, -0.15) is 0 Å². The summed E-state index contributed by atoms with van der Waals surface area (Å²) in [4.78, 5) is 14.8. The van der Waals surface area contributed by atoms with Gasteiger partial charge in [0.2, 0.25) is 5.91 Å². The van der Waals surface area contributed by atoms with Crippen molar-refractivity contribution in [1.82, 2.24) is 10.2 Å². The Kier molecular flexibility index (Phi) is 4.88. The normalized spacial score (nSPS) is 23.1. The molecule has 2 aliphatic rings. The minimum absolute atomic E-state index is 0.0291. The first-order chi connectivity index (χ1) is 10.3. The molecular formula is C17H25N3O.